The molecule has 1 fully saturated rings. The van der Waals surface area contributed by atoms with Crippen molar-refractivity contribution in [2.75, 3.05) is 25.2 Å². The molecule has 2 N–H and O–H groups in total. The van der Waals surface area contributed by atoms with Crippen LogP contribution in [0.3, 0.4) is 0 Å². The summed E-state index contributed by atoms with van der Waals surface area (Å²) in [7, 11) is -3.39. The zero-order chi connectivity index (χ0) is 30.3. The predicted molar refractivity (Wildman–Crippen MR) is 164 cm³/mol. The lowest BCUT2D eigenvalue weighted by atomic mass is 9.93. The van der Waals surface area contributed by atoms with Crippen molar-refractivity contribution in [1.82, 2.24) is 10.2 Å². The standard InChI is InChI=1S/C33H40N2O6S/c1-4-24-18-26(22-41-27-11-6-5-7-12-27)35(20-24)21-25-14-15-29(30(19-25)28-13-9-8-10-23(28)2)32(36)34-31(33(37)38)16-17-42(3,39)40/h5-15,19,24,26,31H,4,16-18,20-22H2,1-3H3,(H,34,36)(H,37,38). The molecular formula is C33H40N2O6S. The Labute approximate surface area is 248 Å². The molecule has 1 heterocycles. The van der Waals surface area contributed by atoms with E-state index >= 15 is 0 Å². The Morgan fingerprint density at radius 2 is 1.76 bits per heavy atom. The molecule has 0 aromatic heterocycles. The molecule has 3 atom stereocenters. The number of hydrogen-bond acceptors (Lipinski definition) is 6. The number of rotatable bonds is 13. The molecule has 1 saturated heterocycles. The number of nitrogens with one attached hydrogen (secondary N) is 1. The van der Waals surface area contributed by atoms with Crippen LogP contribution in [0.25, 0.3) is 11.1 Å². The maximum Gasteiger partial charge on any atom is 0.326 e. The highest BCUT2D eigenvalue weighted by Gasteiger charge is 2.32. The van der Waals surface area contributed by atoms with Crippen LogP contribution < -0.4 is 10.1 Å². The minimum atomic E-state index is -3.39. The number of para-hydroxylation sites is 1. The molecule has 0 bridgehead atoms. The van der Waals surface area contributed by atoms with E-state index in [1.165, 1.54) is 0 Å². The van der Waals surface area contributed by atoms with Crippen LogP contribution in [0.15, 0.2) is 72.8 Å². The Kier molecular flexibility index (Phi) is 10.4. The van der Waals surface area contributed by atoms with Gasteiger partial charge in [0.05, 0.1) is 5.75 Å². The molecule has 4 rings (SSSR count). The second-order valence-electron chi connectivity index (χ2n) is 11.2. The van der Waals surface area contributed by atoms with Crippen molar-refractivity contribution in [3.8, 4) is 16.9 Å². The average molecular weight is 593 g/mol. The fourth-order valence-corrected chi connectivity index (χ4v) is 6.17. The summed E-state index contributed by atoms with van der Waals surface area (Å²) in [5.41, 5.74) is 3.95. The zero-order valence-corrected chi connectivity index (χ0v) is 25.3. The lowest BCUT2D eigenvalue weighted by molar-refractivity contribution is -0.139. The van der Waals surface area contributed by atoms with E-state index in [1.807, 2.05) is 73.7 Å². The Hall–Kier alpha value is -3.69. The van der Waals surface area contributed by atoms with Crippen LogP contribution in [0.5, 0.6) is 5.75 Å². The molecule has 224 valence electrons. The molecule has 1 amide bonds. The van der Waals surface area contributed by atoms with Gasteiger partial charge in [0, 0.05) is 31.0 Å². The Bertz CT molecular complexity index is 1490. The Morgan fingerprint density at radius 1 is 1.05 bits per heavy atom. The highest BCUT2D eigenvalue weighted by Crippen LogP contribution is 2.32. The summed E-state index contributed by atoms with van der Waals surface area (Å²) in [6, 6.07) is 22.2. The predicted octanol–water partition coefficient (Wildman–Crippen LogP) is 4.96. The number of carboxylic acids is 1. The van der Waals surface area contributed by atoms with Gasteiger partial charge >= 0.3 is 5.97 Å². The lowest BCUT2D eigenvalue weighted by Gasteiger charge is -2.25. The van der Waals surface area contributed by atoms with Crippen LogP contribution >= 0.6 is 0 Å². The van der Waals surface area contributed by atoms with Crippen LogP contribution in [0.1, 0.15) is 47.7 Å². The second kappa shape index (κ2) is 14.0. The van der Waals surface area contributed by atoms with Crippen molar-refractivity contribution in [2.24, 2.45) is 5.92 Å². The Morgan fingerprint density at radius 3 is 2.43 bits per heavy atom. The van der Waals surface area contributed by atoms with Crippen molar-refractivity contribution >= 4 is 21.7 Å². The smallest absolute Gasteiger partial charge is 0.326 e. The molecule has 3 aromatic carbocycles. The van der Waals surface area contributed by atoms with Crippen molar-refractivity contribution in [3.63, 3.8) is 0 Å². The van der Waals surface area contributed by atoms with Crippen LogP contribution in [0.2, 0.25) is 0 Å². The highest BCUT2D eigenvalue weighted by atomic mass is 32.2. The first-order valence-electron chi connectivity index (χ1n) is 14.4. The van der Waals surface area contributed by atoms with E-state index in [4.69, 9.17) is 4.74 Å². The van der Waals surface area contributed by atoms with Crippen LogP contribution in [-0.4, -0.2) is 67.5 Å². The molecule has 9 heteroatoms. The molecule has 1 aliphatic heterocycles. The summed E-state index contributed by atoms with van der Waals surface area (Å²) < 4.78 is 29.4. The van der Waals surface area contributed by atoms with Gasteiger partial charge in [-0.3, -0.25) is 9.69 Å². The SMILES string of the molecule is CCC1CC(COc2ccccc2)N(Cc2ccc(C(=O)NC(CCS(C)(=O)=O)C(=O)O)c(-c3ccccc3C)c2)C1. The van der Waals surface area contributed by atoms with Gasteiger partial charge < -0.3 is 15.2 Å². The van der Waals surface area contributed by atoms with E-state index in [-0.39, 0.29) is 18.2 Å². The van der Waals surface area contributed by atoms with Crippen molar-refractivity contribution in [3.05, 3.63) is 89.5 Å². The first kappa shape index (κ1) is 31.3. The topological polar surface area (TPSA) is 113 Å². The number of nitrogens with zero attached hydrogens (tertiary/aromatic N) is 1. The van der Waals surface area contributed by atoms with E-state index in [1.54, 1.807) is 6.07 Å². The van der Waals surface area contributed by atoms with Gasteiger partial charge in [-0.2, -0.15) is 0 Å². The summed E-state index contributed by atoms with van der Waals surface area (Å²) in [4.78, 5) is 27.7. The highest BCUT2D eigenvalue weighted by molar-refractivity contribution is 7.90. The average Bonchev–Trinajstić information content (AvgIpc) is 3.35. The normalized spacial score (nSPS) is 18.0. The molecule has 42 heavy (non-hydrogen) atoms. The van der Waals surface area contributed by atoms with E-state index in [0.717, 1.165) is 48.1 Å². The van der Waals surface area contributed by atoms with Crippen molar-refractivity contribution in [1.29, 1.82) is 0 Å². The molecule has 3 unspecified atom stereocenters. The van der Waals surface area contributed by atoms with Gasteiger partial charge in [-0.05, 0) is 72.2 Å². The van der Waals surface area contributed by atoms with Gasteiger partial charge in [0.25, 0.3) is 5.91 Å². The second-order valence-corrected chi connectivity index (χ2v) is 13.5. The van der Waals surface area contributed by atoms with Gasteiger partial charge in [0.2, 0.25) is 0 Å². The van der Waals surface area contributed by atoms with E-state index in [0.29, 0.717) is 30.2 Å². The van der Waals surface area contributed by atoms with Gasteiger partial charge in [0.1, 0.15) is 28.2 Å². The molecule has 0 saturated carbocycles. The van der Waals surface area contributed by atoms with Gasteiger partial charge in [-0.25, -0.2) is 13.2 Å². The number of likely N-dealkylation sites (tertiary alicyclic amines) is 1. The molecular weight excluding hydrogens is 552 g/mol. The number of carbonyl (C=O) groups excluding carboxylic acids is 1. The fourth-order valence-electron chi connectivity index (χ4n) is 5.51. The first-order valence-corrected chi connectivity index (χ1v) is 16.4. The van der Waals surface area contributed by atoms with Crippen molar-refractivity contribution in [2.45, 2.75) is 51.7 Å². The van der Waals surface area contributed by atoms with Crippen molar-refractivity contribution < 1.29 is 27.9 Å². The summed E-state index contributed by atoms with van der Waals surface area (Å²) in [5.74, 6) is -0.732. The summed E-state index contributed by atoms with van der Waals surface area (Å²) in [5, 5.41) is 12.2. The first-order chi connectivity index (χ1) is 20.0. The number of amides is 1. The molecule has 0 aliphatic carbocycles. The molecule has 8 nitrogen and oxygen atoms in total. The number of ether oxygens (including phenoxy) is 1. The third-order valence-electron chi connectivity index (χ3n) is 7.91. The molecule has 1 aliphatic rings. The zero-order valence-electron chi connectivity index (χ0n) is 24.5. The summed E-state index contributed by atoms with van der Waals surface area (Å²) in [6.07, 6.45) is 2.98. The van der Waals surface area contributed by atoms with E-state index < -0.39 is 27.8 Å². The largest absolute Gasteiger partial charge is 0.492 e. The van der Waals surface area contributed by atoms with Crippen LogP contribution in [0, 0.1) is 12.8 Å². The van der Waals surface area contributed by atoms with Crippen LogP contribution in [-0.2, 0) is 21.2 Å². The quantitative estimate of drug-likeness (QED) is 0.289. The number of aryl methyl sites for hydroxylation is 1. The maximum absolute atomic E-state index is 13.4. The number of carboxylic acid groups (broad SMARTS) is 1. The number of benzene rings is 3. The Balaban J connectivity index is 1.59. The number of carbonyl (C=O) groups is 2. The minimum Gasteiger partial charge on any atom is -0.492 e. The third kappa shape index (κ3) is 8.42. The maximum atomic E-state index is 13.4. The fraction of sp³-hybridized carbons (Fsp3) is 0.394. The van der Waals surface area contributed by atoms with Gasteiger partial charge in [0.15, 0.2) is 0 Å². The summed E-state index contributed by atoms with van der Waals surface area (Å²) >= 11 is 0. The number of sulfone groups is 1. The molecule has 0 spiro atoms. The van der Waals surface area contributed by atoms with Gasteiger partial charge in [-0.15, -0.1) is 0 Å². The third-order valence-corrected chi connectivity index (χ3v) is 8.88. The lowest BCUT2D eigenvalue weighted by Crippen LogP contribution is -2.42. The molecule has 3 aromatic rings. The van der Waals surface area contributed by atoms with E-state index in [9.17, 15) is 23.1 Å². The van der Waals surface area contributed by atoms with Crippen LogP contribution in [0.4, 0.5) is 0 Å². The number of aliphatic carboxylic acids is 1. The molecule has 0 radical (unpaired) electrons. The van der Waals surface area contributed by atoms with E-state index in [2.05, 4.69) is 17.1 Å². The number of hydrogen-bond donors (Lipinski definition) is 2. The van der Waals surface area contributed by atoms with Gasteiger partial charge in [-0.1, -0.05) is 61.9 Å². The monoisotopic (exact) mass is 592 g/mol. The summed E-state index contributed by atoms with van der Waals surface area (Å²) in [6.45, 7) is 6.43. The minimum absolute atomic E-state index is 0.211.